The predicted molar refractivity (Wildman–Crippen MR) is 34.5 cm³/mol. The summed E-state index contributed by atoms with van der Waals surface area (Å²) in [6.07, 6.45) is 0.313. The fourth-order valence-electron chi connectivity index (χ4n) is 0.414. The van der Waals surface area contributed by atoms with Gasteiger partial charge in [-0.2, -0.15) is 0 Å². The standard InChI is InChI=1S/C6H11NO2/c1-5(2)7-9-4-6-3-8-6/h6H,3-4H2,1-2H3. The van der Waals surface area contributed by atoms with Crippen LogP contribution in [0, 0.1) is 0 Å². The minimum atomic E-state index is 0.313. The Hall–Kier alpha value is -0.570. The molecule has 0 bridgehead atoms. The van der Waals surface area contributed by atoms with Crippen LogP contribution in [-0.4, -0.2) is 25.0 Å². The Morgan fingerprint density at radius 3 is 2.89 bits per heavy atom. The van der Waals surface area contributed by atoms with Gasteiger partial charge < -0.3 is 9.57 Å². The summed E-state index contributed by atoms with van der Waals surface area (Å²) >= 11 is 0. The Morgan fingerprint density at radius 2 is 2.44 bits per heavy atom. The summed E-state index contributed by atoms with van der Waals surface area (Å²) in [5.74, 6) is 0. The second-order valence-corrected chi connectivity index (χ2v) is 2.29. The molecule has 0 aromatic rings. The molecule has 0 aliphatic carbocycles. The second kappa shape index (κ2) is 2.82. The van der Waals surface area contributed by atoms with E-state index in [1.54, 1.807) is 0 Å². The van der Waals surface area contributed by atoms with E-state index in [2.05, 4.69) is 5.16 Å². The molecule has 1 aliphatic heterocycles. The average Bonchev–Trinajstić information content (AvgIpc) is 2.48. The third-order valence-corrected chi connectivity index (χ3v) is 0.910. The highest BCUT2D eigenvalue weighted by Crippen LogP contribution is 2.08. The summed E-state index contributed by atoms with van der Waals surface area (Å²) in [5.41, 5.74) is 0.940. The molecule has 3 heteroatoms. The first-order valence-corrected chi connectivity index (χ1v) is 3.04. The lowest BCUT2D eigenvalue weighted by molar-refractivity contribution is 0.124. The molecule has 1 fully saturated rings. The highest BCUT2D eigenvalue weighted by molar-refractivity contribution is 5.78. The Bertz CT molecular complexity index is 114. The van der Waals surface area contributed by atoms with Crippen molar-refractivity contribution in [1.82, 2.24) is 0 Å². The van der Waals surface area contributed by atoms with Crippen molar-refractivity contribution >= 4 is 5.71 Å². The van der Waals surface area contributed by atoms with Crippen LogP contribution in [0.5, 0.6) is 0 Å². The largest absolute Gasteiger partial charge is 0.393 e. The van der Waals surface area contributed by atoms with Crippen molar-refractivity contribution in [2.45, 2.75) is 20.0 Å². The predicted octanol–water partition coefficient (Wildman–Crippen LogP) is 0.798. The molecule has 3 nitrogen and oxygen atoms in total. The molecule has 1 atom stereocenters. The number of nitrogens with zero attached hydrogens (tertiary/aromatic N) is 1. The van der Waals surface area contributed by atoms with Crippen molar-refractivity contribution in [1.29, 1.82) is 0 Å². The monoisotopic (exact) mass is 129 g/mol. The van der Waals surface area contributed by atoms with E-state index >= 15 is 0 Å². The second-order valence-electron chi connectivity index (χ2n) is 2.29. The number of ether oxygens (including phenoxy) is 1. The summed E-state index contributed by atoms with van der Waals surface area (Å²) in [4.78, 5) is 4.88. The van der Waals surface area contributed by atoms with Crippen LogP contribution in [-0.2, 0) is 9.57 Å². The molecule has 1 heterocycles. The molecular weight excluding hydrogens is 118 g/mol. The first-order valence-electron chi connectivity index (χ1n) is 3.04. The van der Waals surface area contributed by atoms with Crippen LogP contribution >= 0.6 is 0 Å². The Kier molecular flexibility index (Phi) is 2.05. The molecular formula is C6H11NO2. The zero-order valence-electron chi connectivity index (χ0n) is 5.76. The first kappa shape index (κ1) is 6.55. The molecule has 0 spiro atoms. The van der Waals surface area contributed by atoms with Crippen molar-refractivity contribution < 1.29 is 9.57 Å². The van der Waals surface area contributed by atoms with E-state index in [0.29, 0.717) is 12.7 Å². The zero-order chi connectivity index (χ0) is 6.69. The van der Waals surface area contributed by atoms with E-state index in [4.69, 9.17) is 9.57 Å². The maximum Gasteiger partial charge on any atom is 0.145 e. The lowest BCUT2D eigenvalue weighted by Crippen LogP contribution is -1.97. The van der Waals surface area contributed by atoms with Crippen molar-refractivity contribution in [3.05, 3.63) is 0 Å². The van der Waals surface area contributed by atoms with E-state index in [1.807, 2.05) is 13.8 Å². The van der Waals surface area contributed by atoms with Crippen molar-refractivity contribution in [2.75, 3.05) is 13.2 Å². The summed E-state index contributed by atoms with van der Waals surface area (Å²) in [5, 5.41) is 3.74. The molecule has 0 N–H and O–H groups in total. The molecule has 0 saturated carbocycles. The lowest BCUT2D eigenvalue weighted by atomic mass is 10.5. The normalized spacial score (nSPS) is 23.1. The molecule has 1 rings (SSSR count). The van der Waals surface area contributed by atoms with Crippen molar-refractivity contribution in [3.8, 4) is 0 Å². The van der Waals surface area contributed by atoms with Gasteiger partial charge in [0.2, 0.25) is 0 Å². The fraction of sp³-hybridized carbons (Fsp3) is 0.833. The van der Waals surface area contributed by atoms with Gasteiger partial charge in [0.25, 0.3) is 0 Å². The molecule has 0 amide bonds. The molecule has 9 heavy (non-hydrogen) atoms. The fourth-order valence-corrected chi connectivity index (χ4v) is 0.414. The van der Waals surface area contributed by atoms with Gasteiger partial charge in [0.15, 0.2) is 0 Å². The first-order chi connectivity index (χ1) is 4.29. The average molecular weight is 129 g/mol. The van der Waals surface area contributed by atoms with Gasteiger partial charge in [0.1, 0.15) is 12.7 Å². The number of rotatable bonds is 3. The van der Waals surface area contributed by atoms with Crippen LogP contribution in [0.25, 0.3) is 0 Å². The highest BCUT2D eigenvalue weighted by Gasteiger charge is 2.22. The summed E-state index contributed by atoms with van der Waals surface area (Å²) in [6, 6.07) is 0. The summed E-state index contributed by atoms with van der Waals surface area (Å²) < 4.78 is 4.90. The molecule has 52 valence electrons. The number of hydrogen-bond acceptors (Lipinski definition) is 3. The van der Waals surface area contributed by atoms with E-state index in [0.717, 1.165) is 12.3 Å². The van der Waals surface area contributed by atoms with E-state index in [1.165, 1.54) is 0 Å². The van der Waals surface area contributed by atoms with Gasteiger partial charge >= 0.3 is 0 Å². The summed E-state index contributed by atoms with van der Waals surface area (Å²) in [7, 11) is 0. The van der Waals surface area contributed by atoms with Crippen LogP contribution in [0.1, 0.15) is 13.8 Å². The molecule has 0 aromatic heterocycles. The Labute approximate surface area is 54.6 Å². The molecule has 0 radical (unpaired) electrons. The van der Waals surface area contributed by atoms with Crippen molar-refractivity contribution in [2.24, 2.45) is 5.16 Å². The maximum atomic E-state index is 4.90. The van der Waals surface area contributed by atoms with Gasteiger partial charge in [-0.3, -0.25) is 0 Å². The minimum absolute atomic E-state index is 0.313. The number of epoxide rings is 1. The van der Waals surface area contributed by atoms with Crippen molar-refractivity contribution in [3.63, 3.8) is 0 Å². The molecule has 1 unspecified atom stereocenters. The van der Waals surface area contributed by atoms with Gasteiger partial charge in [-0.05, 0) is 13.8 Å². The minimum Gasteiger partial charge on any atom is -0.393 e. The molecule has 1 saturated heterocycles. The number of oxime groups is 1. The smallest absolute Gasteiger partial charge is 0.145 e. The lowest BCUT2D eigenvalue weighted by Gasteiger charge is -1.93. The SMILES string of the molecule is CC(C)=NOCC1CO1. The van der Waals surface area contributed by atoms with Crippen LogP contribution in [0.4, 0.5) is 0 Å². The van der Waals surface area contributed by atoms with Crippen LogP contribution in [0.15, 0.2) is 5.16 Å². The van der Waals surface area contributed by atoms with Gasteiger partial charge in [-0.25, -0.2) is 0 Å². The quantitative estimate of drug-likeness (QED) is 0.321. The summed E-state index contributed by atoms with van der Waals surface area (Å²) in [6.45, 7) is 5.23. The Balaban J connectivity index is 1.97. The number of hydrogen-bond donors (Lipinski definition) is 0. The topological polar surface area (TPSA) is 34.1 Å². The van der Waals surface area contributed by atoms with Gasteiger partial charge in [-0.15, -0.1) is 0 Å². The van der Waals surface area contributed by atoms with Crippen LogP contribution in [0.2, 0.25) is 0 Å². The van der Waals surface area contributed by atoms with Crippen LogP contribution in [0.3, 0.4) is 0 Å². The third kappa shape index (κ3) is 3.08. The van der Waals surface area contributed by atoms with Gasteiger partial charge in [0, 0.05) is 0 Å². The zero-order valence-corrected chi connectivity index (χ0v) is 5.76. The van der Waals surface area contributed by atoms with E-state index in [-0.39, 0.29) is 0 Å². The molecule has 0 aromatic carbocycles. The van der Waals surface area contributed by atoms with Gasteiger partial charge in [0.05, 0.1) is 12.3 Å². The van der Waals surface area contributed by atoms with E-state index in [9.17, 15) is 0 Å². The highest BCUT2D eigenvalue weighted by atomic mass is 16.7. The third-order valence-electron chi connectivity index (χ3n) is 0.910. The molecule has 1 aliphatic rings. The maximum absolute atomic E-state index is 4.90. The van der Waals surface area contributed by atoms with Crippen LogP contribution < -0.4 is 0 Å². The van der Waals surface area contributed by atoms with E-state index < -0.39 is 0 Å². The van der Waals surface area contributed by atoms with Gasteiger partial charge in [-0.1, -0.05) is 5.16 Å². The Morgan fingerprint density at radius 1 is 1.78 bits per heavy atom.